The molecule has 0 atom stereocenters. The molecule has 0 spiro atoms. The lowest BCUT2D eigenvalue weighted by molar-refractivity contribution is 0.0951. The summed E-state index contributed by atoms with van der Waals surface area (Å²) in [5.74, 6) is -0.235. The highest BCUT2D eigenvalue weighted by Gasteiger charge is 2.17. The summed E-state index contributed by atoms with van der Waals surface area (Å²) in [5, 5.41) is 2.87. The van der Waals surface area contributed by atoms with Gasteiger partial charge in [0.25, 0.3) is 15.9 Å². The number of carbonyl (C=O) groups excluding carboxylic acids is 1. The number of sulfonamides is 1. The SMILES string of the molecule is COCc1cccc(CNC(=O)c2ccc(NS(=O)(=O)c3cc(C)ccc3C)cc2)c1. The second-order valence-electron chi connectivity index (χ2n) is 7.39. The lowest BCUT2D eigenvalue weighted by Gasteiger charge is -2.12. The molecule has 0 aliphatic rings. The van der Waals surface area contributed by atoms with Gasteiger partial charge in [-0.2, -0.15) is 0 Å². The van der Waals surface area contributed by atoms with Crippen LogP contribution in [-0.4, -0.2) is 21.4 Å². The fourth-order valence-electron chi connectivity index (χ4n) is 3.18. The lowest BCUT2D eigenvalue weighted by atomic mass is 10.1. The van der Waals surface area contributed by atoms with E-state index in [0.717, 1.165) is 16.7 Å². The zero-order chi connectivity index (χ0) is 22.4. The van der Waals surface area contributed by atoms with Crippen molar-refractivity contribution in [1.29, 1.82) is 0 Å². The van der Waals surface area contributed by atoms with Crippen molar-refractivity contribution in [2.45, 2.75) is 31.9 Å². The van der Waals surface area contributed by atoms with Crippen LogP contribution in [0.4, 0.5) is 5.69 Å². The third kappa shape index (κ3) is 5.93. The Morgan fingerprint density at radius 3 is 2.35 bits per heavy atom. The molecule has 0 heterocycles. The van der Waals surface area contributed by atoms with Crippen LogP contribution >= 0.6 is 0 Å². The molecule has 3 rings (SSSR count). The molecular formula is C24H26N2O4S. The molecule has 0 saturated carbocycles. The number of hydrogen-bond acceptors (Lipinski definition) is 4. The molecule has 0 aliphatic carbocycles. The molecule has 0 unspecified atom stereocenters. The molecule has 7 heteroatoms. The van der Waals surface area contributed by atoms with Gasteiger partial charge in [-0.3, -0.25) is 9.52 Å². The van der Waals surface area contributed by atoms with Crippen molar-refractivity contribution < 1.29 is 17.9 Å². The van der Waals surface area contributed by atoms with Gasteiger partial charge in [-0.1, -0.05) is 36.4 Å². The smallest absolute Gasteiger partial charge is 0.262 e. The Morgan fingerprint density at radius 1 is 0.935 bits per heavy atom. The number of amides is 1. The van der Waals surface area contributed by atoms with Gasteiger partial charge in [-0.05, 0) is 66.4 Å². The van der Waals surface area contributed by atoms with Crippen LogP contribution in [-0.2, 0) is 27.9 Å². The largest absolute Gasteiger partial charge is 0.380 e. The van der Waals surface area contributed by atoms with Gasteiger partial charge in [-0.25, -0.2) is 8.42 Å². The molecule has 162 valence electrons. The van der Waals surface area contributed by atoms with Crippen LogP contribution in [0.25, 0.3) is 0 Å². The van der Waals surface area contributed by atoms with Gasteiger partial charge in [0.15, 0.2) is 0 Å². The number of hydrogen-bond donors (Lipinski definition) is 2. The molecule has 3 aromatic rings. The Kier molecular flexibility index (Phi) is 7.09. The van der Waals surface area contributed by atoms with E-state index in [1.54, 1.807) is 50.4 Å². The predicted molar refractivity (Wildman–Crippen MR) is 121 cm³/mol. The third-order valence-corrected chi connectivity index (χ3v) is 6.31. The molecule has 0 aromatic heterocycles. The molecule has 31 heavy (non-hydrogen) atoms. The highest BCUT2D eigenvalue weighted by molar-refractivity contribution is 7.92. The quantitative estimate of drug-likeness (QED) is 0.553. The minimum Gasteiger partial charge on any atom is -0.380 e. The molecule has 6 nitrogen and oxygen atoms in total. The Balaban J connectivity index is 1.65. The number of methoxy groups -OCH3 is 1. The van der Waals surface area contributed by atoms with Crippen LogP contribution in [0.5, 0.6) is 0 Å². The van der Waals surface area contributed by atoms with E-state index in [1.807, 2.05) is 37.3 Å². The molecule has 3 aromatic carbocycles. The van der Waals surface area contributed by atoms with E-state index < -0.39 is 10.0 Å². The van der Waals surface area contributed by atoms with E-state index in [9.17, 15) is 13.2 Å². The van der Waals surface area contributed by atoms with Crippen molar-refractivity contribution in [2.75, 3.05) is 11.8 Å². The van der Waals surface area contributed by atoms with Crippen LogP contribution in [0.1, 0.15) is 32.6 Å². The number of benzene rings is 3. The number of ether oxygens (including phenoxy) is 1. The molecule has 1 amide bonds. The molecular weight excluding hydrogens is 412 g/mol. The first-order valence-electron chi connectivity index (χ1n) is 9.83. The van der Waals surface area contributed by atoms with Crippen LogP contribution in [0, 0.1) is 13.8 Å². The zero-order valence-electron chi connectivity index (χ0n) is 17.8. The number of carbonyl (C=O) groups is 1. The third-order valence-electron chi connectivity index (χ3n) is 4.79. The van der Waals surface area contributed by atoms with E-state index in [1.165, 1.54) is 0 Å². The summed E-state index contributed by atoms with van der Waals surface area (Å²) >= 11 is 0. The minimum atomic E-state index is -3.72. The fourth-order valence-corrected chi connectivity index (χ4v) is 4.57. The molecule has 0 aliphatic heterocycles. The summed E-state index contributed by atoms with van der Waals surface area (Å²) < 4.78 is 33.2. The number of rotatable bonds is 8. The average Bonchev–Trinajstić information content (AvgIpc) is 2.74. The Morgan fingerprint density at radius 2 is 1.65 bits per heavy atom. The topological polar surface area (TPSA) is 84.5 Å². The first-order valence-corrected chi connectivity index (χ1v) is 11.3. The van der Waals surface area contributed by atoms with Crippen molar-refractivity contribution in [3.63, 3.8) is 0 Å². The lowest BCUT2D eigenvalue weighted by Crippen LogP contribution is -2.22. The van der Waals surface area contributed by atoms with Gasteiger partial charge >= 0.3 is 0 Å². The monoisotopic (exact) mass is 438 g/mol. The summed E-state index contributed by atoms with van der Waals surface area (Å²) in [6, 6.07) is 19.4. The molecule has 0 saturated heterocycles. The Labute approximate surface area is 183 Å². The van der Waals surface area contributed by atoms with E-state index in [-0.39, 0.29) is 10.8 Å². The van der Waals surface area contributed by atoms with E-state index in [2.05, 4.69) is 10.0 Å². The normalized spacial score (nSPS) is 11.2. The van der Waals surface area contributed by atoms with Gasteiger partial charge in [-0.15, -0.1) is 0 Å². The summed E-state index contributed by atoms with van der Waals surface area (Å²) in [6.45, 7) is 4.50. The summed E-state index contributed by atoms with van der Waals surface area (Å²) in [4.78, 5) is 12.7. The van der Waals surface area contributed by atoms with Gasteiger partial charge in [0.05, 0.1) is 11.5 Å². The maximum atomic E-state index is 12.7. The van der Waals surface area contributed by atoms with E-state index in [0.29, 0.717) is 30.0 Å². The van der Waals surface area contributed by atoms with E-state index >= 15 is 0 Å². The van der Waals surface area contributed by atoms with Crippen molar-refractivity contribution >= 4 is 21.6 Å². The Bertz CT molecular complexity index is 1170. The van der Waals surface area contributed by atoms with Crippen LogP contribution in [0.15, 0.2) is 71.6 Å². The number of anilines is 1. The van der Waals surface area contributed by atoms with Crippen molar-refractivity contribution in [2.24, 2.45) is 0 Å². The van der Waals surface area contributed by atoms with Crippen LogP contribution < -0.4 is 10.0 Å². The maximum absolute atomic E-state index is 12.7. The first kappa shape index (κ1) is 22.5. The van der Waals surface area contributed by atoms with Gasteiger partial charge in [0.2, 0.25) is 0 Å². The standard InChI is InChI=1S/C24H26N2O4S/c1-17-7-8-18(2)23(13-17)31(28,29)26-22-11-9-21(10-12-22)24(27)25-15-19-5-4-6-20(14-19)16-30-3/h4-14,26H,15-16H2,1-3H3,(H,25,27). The summed E-state index contributed by atoms with van der Waals surface area (Å²) in [5.41, 5.74) is 4.39. The second kappa shape index (κ2) is 9.76. The number of nitrogens with one attached hydrogen (secondary N) is 2. The molecule has 2 N–H and O–H groups in total. The summed E-state index contributed by atoms with van der Waals surface area (Å²) in [7, 11) is -2.08. The molecule has 0 fully saturated rings. The first-order chi connectivity index (χ1) is 14.8. The zero-order valence-corrected chi connectivity index (χ0v) is 18.6. The van der Waals surface area contributed by atoms with E-state index in [4.69, 9.17) is 4.74 Å². The van der Waals surface area contributed by atoms with Gasteiger partial charge < -0.3 is 10.1 Å². The molecule has 0 radical (unpaired) electrons. The van der Waals surface area contributed by atoms with Gasteiger partial charge in [0.1, 0.15) is 0 Å². The highest BCUT2D eigenvalue weighted by Crippen LogP contribution is 2.21. The maximum Gasteiger partial charge on any atom is 0.262 e. The second-order valence-corrected chi connectivity index (χ2v) is 9.04. The number of aryl methyl sites for hydroxylation is 2. The molecule has 0 bridgehead atoms. The summed E-state index contributed by atoms with van der Waals surface area (Å²) in [6.07, 6.45) is 0. The fraction of sp³-hybridized carbons (Fsp3) is 0.208. The van der Waals surface area contributed by atoms with Crippen LogP contribution in [0.2, 0.25) is 0 Å². The Hall–Kier alpha value is -3.16. The minimum absolute atomic E-state index is 0.235. The predicted octanol–water partition coefficient (Wildman–Crippen LogP) is 4.18. The van der Waals surface area contributed by atoms with Crippen molar-refractivity contribution in [3.05, 3.63) is 94.5 Å². The van der Waals surface area contributed by atoms with Gasteiger partial charge in [0, 0.05) is 24.9 Å². The van der Waals surface area contributed by atoms with Crippen LogP contribution in [0.3, 0.4) is 0 Å². The van der Waals surface area contributed by atoms with Crippen molar-refractivity contribution in [3.8, 4) is 0 Å². The highest BCUT2D eigenvalue weighted by atomic mass is 32.2. The van der Waals surface area contributed by atoms with Crippen molar-refractivity contribution in [1.82, 2.24) is 5.32 Å². The average molecular weight is 439 g/mol.